The van der Waals surface area contributed by atoms with Crippen LogP contribution in [0.2, 0.25) is 0 Å². The molecule has 0 saturated heterocycles. The van der Waals surface area contributed by atoms with E-state index in [1.54, 1.807) is 19.1 Å². The first-order valence-electron chi connectivity index (χ1n) is 6.75. The van der Waals surface area contributed by atoms with Crippen molar-refractivity contribution in [2.75, 3.05) is 27.9 Å². The standard InChI is InChI=1S/C13H15N5O3S3/c1-3-4-23-13-17-16-12(24-13)15-11(20)7-22-6-10(19)14-9-5-8(2)21-18-9/h3,5H,1,4,6-7H2,2H3,(H,14,18,19)(H,15,16,20). The Morgan fingerprint density at radius 1 is 1.33 bits per heavy atom. The maximum atomic E-state index is 11.8. The molecule has 0 aromatic carbocycles. The molecule has 0 aliphatic rings. The number of carbonyl (C=O) groups is 2. The minimum atomic E-state index is -0.250. The molecule has 0 saturated carbocycles. The largest absolute Gasteiger partial charge is 0.360 e. The predicted molar refractivity (Wildman–Crippen MR) is 96.7 cm³/mol. The molecule has 2 aromatic heterocycles. The first-order valence-corrected chi connectivity index (χ1v) is 9.70. The van der Waals surface area contributed by atoms with Crippen molar-refractivity contribution < 1.29 is 14.1 Å². The molecule has 2 N–H and O–H groups in total. The van der Waals surface area contributed by atoms with Crippen molar-refractivity contribution in [3.63, 3.8) is 0 Å². The lowest BCUT2D eigenvalue weighted by atomic mass is 10.5. The molecule has 11 heteroatoms. The second kappa shape index (κ2) is 9.45. The van der Waals surface area contributed by atoms with Gasteiger partial charge in [0.05, 0.1) is 11.5 Å². The average Bonchev–Trinajstić information content (AvgIpc) is 3.14. The number of aryl methyl sites for hydroxylation is 1. The Bertz CT molecular complexity index is 715. The van der Waals surface area contributed by atoms with Crippen LogP contribution in [-0.4, -0.2) is 44.4 Å². The van der Waals surface area contributed by atoms with Crippen molar-refractivity contribution in [3.8, 4) is 0 Å². The van der Waals surface area contributed by atoms with Gasteiger partial charge in [-0.05, 0) is 6.92 Å². The smallest absolute Gasteiger partial charge is 0.236 e. The number of rotatable bonds is 9. The molecule has 0 bridgehead atoms. The van der Waals surface area contributed by atoms with Gasteiger partial charge in [-0.3, -0.25) is 14.9 Å². The third-order valence-electron chi connectivity index (χ3n) is 2.34. The SMILES string of the molecule is C=CCSc1nnc(NC(=O)CSCC(=O)Nc2cc(C)on2)s1. The van der Waals surface area contributed by atoms with E-state index in [2.05, 4.69) is 32.6 Å². The van der Waals surface area contributed by atoms with E-state index in [4.69, 9.17) is 4.52 Å². The average molecular weight is 385 g/mol. The van der Waals surface area contributed by atoms with Crippen LogP contribution < -0.4 is 10.6 Å². The van der Waals surface area contributed by atoms with E-state index >= 15 is 0 Å². The second-order valence-corrected chi connectivity index (χ2v) is 7.62. The van der Waals surface area contributed by atoms with Crippen LogP contribution in [0.4, 0.5) is 10.9 Å². The number of nitrogens with one attached hydrogen (secondary N) is 2. The van der Waals surface area contributed by atoms with Crippen molar-refractivity contribution in [2.45, 2.75) is 11.3 Å². The van der Waals surface area contributed by atoms with Crippen molar-refractivity contribution in [1.29, 1.82) is 0 Å². The number of thioether (sulfide) groups is 2. The van der Waals surface area contributed by atoms with Crippen LogP contribution in [0.3, 0.4) is 0 Å². The van der Waals surface area contributed by atoms with Gasteiger partial charge in [-0.2, -0.15) is 0 Å². The van der Waals surface area contributed by atoms with E-state index in [0.29, 0.717) is 16.7 Å². The Kier molecular flexibility index (Phi) is 7.28. The molecule has 0 radical (unpaired) electrons. The van der Waals surface area contributed by atoms with Crippen LogP contribution in [0, 0.1) is 6.92 Å². The monoisotopic (exact) mass is 385 g/mol. The Hall–Kier alpha value is -1.85. The van der Waals surface area contributed by atoms with Gasteiger partial charge in [-0.15, -0.1) is 28.5 Å². The van der Waals surface area contributed by atoms with Gasteiger partial charge in [-0.25, -0.2) is 0 Å². The van der Waals surface area contributed by atoms with E-state index in [1.165, 1.54) is 34.9 Å². The van der Waals surface area contributed by atoms with Gasteiger partial charge in [-0.1, -0.05) is 34.3 Å². The molecular formula is C13H15N5O3S3. The Morgan fingerprint density at radius 3 is 2.75 bits per heavy atom. The summed E-state index contributed by atoms with van der Waals surface area (Å²) in [5.41, 5.74) is 0. The van der Waals surface area contributed by atoms with Gasteiger partial charge < -0.3 is 9.84 Å². The number of aromatic nitrogens is 3. The molecule has 0 aliphatic carbocycles. The maximum Gasteiger partial charge on any atom is 0.236 e. The lowest BCUT2D eigenvalue weighted by Gasteiger charge is -2.02. The van der Waals surface area contributed by atoms with Gasteiger partial charge in [0.25, 0.3) is 0 Å². The second-order valence-electron chi connectivity index (χ2n) is 4.38. The van der Waals surface area contributed by atoms with Crippen molar-refractivity contribution >= 4 is 57.6 Å². The zero-order valence-corrected chi connectivity index (χ0v) is 15.2. The molecule has 24 heavy (non-hydrogen) atoms. The van der Waals surface area contributed by atoms with Crippen LogP contribution in [0.1, 0.15) is 5.76 Å². The Morgan fingerprint density at radius 2 is 2.08 bits per heavy atom. The number of anilines is 2. The summed E-state index contributed by atoms with van der Waals surface area (Å²) in [6.45, 7) is 5.36. The summed E-state index contributed by atoms with van der Waals surface area (Å²) >= 11 is 3.99. The molecule has 2 amide bonds. The van der Waals surface area contributed by atoms with Crippen molar-refractivity contribution in [1.82, 2.24) is 15.4 Å². The molecule has 0 atom stereocenters. The summed E-state index contributed by atoms with van der Waals surface area (Å²) in [7, 11) is 0. The highest BCUT2D eigenvalue weighted by atomic mass is 32.2. The Labute approximate surface area is 150 Å². The fourth-order valence-corrected chi connectivity index (χ4v) is 3.59. The maximum absolute atomic E-state index is 11.8. The minimum Gasteiger partial charge on any atom is -0.360 e. The lowest BCUT2D eigenvalue weighted by molar-refractivity contribution is -0.114. The molecule has 0 fully saturated rings. The lowest BCUT2D eigenvalue weighted by Crippen LogP contribution is -2.18. The van der Waals surface area contributed by atoms with Crippen LogP contribution >= 0.6 is 34.9 Å². The summed E-state index contributed by atoms with van der Waals surface area (Å²) < 4.78 is 5.61. The highest BCUT2D eigenvalue weighted by Crippen LogP contribution is 2.25. The number of hydrogen-bond donors (Lipinski definition) is 2. The molecule has 2 rings (SSSR count). The van der Waals surface area contributed by atoms with Crippen LogP contribution in [0.15, 0.2) is 27.6 Å². The third kappa shape index (κ3) is 6.34. The first kappa shape index (κ1) is 18.5. The highest BCUT2D eigenvalue weighted by Gasteiger charge is 2.11. The van der Waals surface area contributed by atoms with E-state index in [9.17, 15) is 9.59 Å². The molecular weight excluding hydrogens is 370 g/mol. The zero-order valence-electron chi connectivity index (χ0n) is 12.8. The first-order chi connectivity index (χ1) is 11.6. The zero-order chi connectivity index (χ0) is 17.4. The third-order valence-corrected chi connectivity index (χ3v) is 5.24. The summed E-state index contributed by atoms with van der Waals surface area (Å²) in [6, 6.07) is 1.62. The minimum absolute atomic E-state index is 0.135. The van der Waals surface area contributed by atoms with Gasteiger partial charge in [0.15, 0.2) is 10.2 Å². The van der Waals surface area contributed by atoms with Crippen LogP contribution in [-0.2, 0) is 9.59 Å². The molecule has 2 heterocycles. The highest BCUT2D eigenvalue weighted by molar-refractivity contribution is 8.01. The topological polar surface area (TPSA) is 110 Å². The van der Waals surface area contributed by atoms with Gasteiger partial charge in [0.2, 0.25) is 16.9 Å². The summed E-state index contributed by atoms with van der Waals surface area (Å²) in [5, 5.41) is 17.2. The van der Waals surface area contributed by atoms with Crippen LogP contribution in [0.25, 0.3) is 0 Å². The predicted octanol–water partition coefficient (Wildman–Crippen LogP) is 2.42. The normalized spacial score (nSPS) is 10.4. The molecule has 8 nitrogen and oxygen atoms in total. The number of carbonyl (C=O) groups excluding carboxylic acids is 2. The number of hydrogen-bond acceptors (Lipinski definition) is 9. The molecule has 0 aliphatic heterocycles. The molecule has 128 valence electrons. The molecule has 0 spiro atoms. The Balaban J connectivity index is 1.66. The van der Waals surface area contributed by atoms with E-state index in [1.807, 2.05) is 0 Å². The van der Waals surface area contributed by atoms with E-state index < -0.39 is 0 Å². The summed E-state index contributed by atoms with van der Waals surface area (Å²) in [5.74, 6) is 1.50. The van der Waals surface area contributed by atoms with Crippen molar-refractivity contribution in [2.24, 2.45) is 0 Å². The molecule has 0 unspecified atom stereocenters. The van der Waals surface area contributed by atoms with Gasteiger partial charge >= 0.3 is 0 Å². The van der Waals surface area contributed by atoms with Crippen LogP contribution in [0.5, 0.6) is 0 Å². The number of nitrogens with zero attached hydrogens (tertiary/aromatic N) is 3. The van der Waals surface area contributed by atoms with E-state index in [0.717, 1.165) is 10.1 Å². The van der Waals surface area contributed by atoms with Gasteiger partial charge in [0, 0.05) is 11.8 Å². The van der Waals surface area contributed by atoms with Crippen molar-refractivity contribution in [3.05, 3.63) is 24.5 Å². The summed E-state index contributed by atoms with van der Waals surface area (Å²) in [6.07, 6.45) is 1.77. The van der Waals surface area contributed by atoms with E-state index in [-0.39, 0.29) is 23.3 Å². The molecule has 2 aromatic rings. The van der Waals surface area contributed by atoms with Gasteiger partial charge in [0.1, 0.15) is 5.76 Å². The fraction of sp³-hybridized carbons (Fsp3) is 0.308. The number of amides is 2. The quantitative estimate of drug-likeness (QED) is 0.385. The summed E-state index contributed by atoms with van der Waals surface area (Å²) in [4.78, 5) is 23.5. The fourth-order valence-electron chi connectivity index (χ4n) is 1.44.